The number of carbonyl (C=O) groups excluding carboxylic acids is 2. The molecule has 1 aromatic rings. The van der Waals surface area contributed by atoms with Crippen molar-refractivity contribution in [3.63, 3.8) is 0 Å². The molecule has 2 rings (SSSR count). The predicted octanol–water partition coefficient (Wildman–Crippen LogP) is 4.49. The Bertz CT molecular complexity index is 785. The molecule has 0 radical (unpaired) electrons. The molecule has 0 fully saturated rings. The maximum atomic E-state index is 12.8. The Morgan fingerprint density at radius 3 is 2.61 bits per heavy atom. The number of unbranched alkanes of at least 4 members (excludes halogenated alkanes) is 3. The van der Waals surface area contributed by atoms with E-state index < -0.39 is 22.6 Å². The van der Waals surface area contributed by atoms with Gasteiger partial charge >= 0.3 is 0 Å². The Labute approximate surface area is 165 Å². The van der Waals surface area contributed by atoms with Gasteiger partial charge in [0.25, 0.3) is 11.6 Å². The fourth-order valence-electron chi connectivity index (χ4n) is 3.51. The van der Waals surface area contributed by atoms with Crippen LogP contribution in [0.2, 0.25) is 0 Å². The van der Waals surface area contributed by atoms with Crippen molar-refractivity contribution in [3.05, 3.63) is 51.3 Å². The molecule has 1 aliphatic rings. The third-order valence-electron chi connectivity index (χ3n) is 4.85. The smallest absolute Gasteiger partial charge is 0.290 e. The zero-order chi connectivity index (χ0) is 20.8. The number of rotatable bonds is 10. The van der Waals surface area contributed by atoms with Crippen molar-refractivity contribution in [3.8, 4) is 0 Å². The number of nitrogens with zero attached hydrogens (tertiary/aromatic N) is 2. The molecule has 0 saturated carbocycles. The molecule has 0 spiro atoms. The monoisotopic (exact) mass is 388 g/mol. The summed E-state index contributed by atoms with van der Waals surface area (Å²) in [5.41, 5.74) is 0.404. The first-order chi connectivity index (χ1) is 13.3. The molecule has 7 heteroatoms. The minimum Gasteiger partial charge on any atom is -0.503 e. The lowest BCUT2D eigenvalue weighted by molar-refractivity contribution is -0.384. The number of hydrogen-bond donors (Lipinski definition) is 1. The van der Waals surface area contributed by atoms with Crippen LogP contribution in [0.4, 0.5) is 5.69 Å². The fourth-order valence-corrected chi connectivity index (χ4v) is 3.51. The number of ketones is 1. The molecule has 1 unspecified atom stereocenters. The third kappa shape index (κ3) is 4.77. The average Bonchev–Trinajstić information content (AvgIpc) is 2.89. The number of amides is 1. The summed E-state index contributed by atoms with van der Waals surface area (Å²) < 4.78 is 0. The van der Waals surface area contributed by atoms with Crippen LogP contribution in [0.3, 0.4) is 0 Å². The van der Waals surface area contributed by atoms with Gasteiger partial charge in [-0.2, -0.15) is 0 Å². The first kappa shape index (κ1) is 21.6. The number of aliphatic hydroxyl groups excluding tert-OH is 1. The first-order valence-electron chi connectivity index (χ1n) is 9.79. The van der Waals surface area contributed by atoms with Crippen LogP contribution >= 0.6 is 0 Å². The Hall–Kier alpha value is -2.70. The van der Waals surface area contributed by atoms with E-state index in [-0.39, 0.29) is 29.4 Å². The van der Waals surface area contributed by atoms with Crippen molar-refractivity contribution in [2.75, 3.05) is 6.54 Å². The van der Waals surface area contributed by atoms with Gasteiger partial charge < -0.3 is 10.0 Å². The summed E-state index contributed by atoms with van der Waals surface area (Å²) in [6.45, 7) is 6.24. The highest BCUT2D eigenvalue weighted by Crippen LogP contribution is 2.39. The van der Waals surface area contributed by atoms with Gasteiger partial charge in [-0.15, -0.1) is 0 Å². The van der Waals surface area contributed by atoms with Crippen LogP contribution in [0.25, 0.3) is 0 Å². The van der Waals surface area contributed by atoms with E-state index in [2.05, 4.69) is 6.92 Å². The maximum Gasteiger partial charge on any atom is 0.290 e. The van der Waals surface area contributed by atoms with Crippen molar-refractivity contribution < 1.29 is 19.6 Å². The zero-order valence-electron chi connectivity index (χ0n) is 16.7. The molecule has 0 bridgehead atoms. The molecule has 1 amide bonds. The number of benzene rings is 1. The van der Waals surface area contributed by atoms with Gasteiger partial charge in [-0.05, 0) is 17.9 Å². The number of hydrogen-bond acceptors (Lipinski definition) is 5. The molecule has 28 heavy (non-hydrogen) atoms. The van der Waals surface area contributed by atoms with E-state index >= 15 is 0 Å². The van der Waals surface area contributed by atoms with Crippen molar-refractivity contribution in [1.82, 2.24) is 4.90 Å². The van der Waals surface area contributed by atoms with Crippen LogP contribution < -0.4 is 0 Å². The Morgan fingerprint density at radius 1 is 1.29 bits per heavy atom. The largest absolute Gasteiger partial charge is 0.503 e. The molecule has 1 aromatic carbocycles. The van der Waals surface area contributed by atoms with E-state index in [0.29, 0.717) is 12.1 Å². The second-order valence-corrected chi connectivity index (χ2v) is 7.60. The van der Waals surface area contributed by atoms with Crippen LogP contribution in [-0.2, 0) is 9.59 Å². The number of Topliss-reactive ketones (excluding diaryl/α,β-unsaturated/α-hetero) is 1. The van der Waals surface area contributed by atoms with Crippen LogP contribution in [0.15, 0.2) is 35.6 Å². The minimum absolute atomic E-state index is 0.0506. The fraction of sp³-hybridized carbons (Fsp3) is 0.524. The SMILES string of the molecule is CCCCCCN1C(=O)C(O)=C(C(=O)CC(C)C)C1c1cccc([N+](=O)[O-])c1. The van der Waals surface area contributed by atoms with Crippen LogP contribution in [-0.4, -0.2) is 33.2 Å². The normalized spacial score (nSPS) is 16.9. The summed E-state index contributed by atoms with van der Waals surface area (Å²) in [7, 11) is 0. The van der Waals surface area contributed by atoms with E-state index in [9.17, 15) is 24.8 Å². The summed E-state index contributed by atoms with van der Waals surface area (Å²) in [5, 5.41) is 21.6. The topological polar surface area (TPSA) is 101 Å². The van der Waals surface area contributed by atoms with E-state index in [4.69, 9.17) is 0 Å². The quantitative estimate of drug-likeness (QED) is 0.362. The van der Waals surface area contributed by atoms with E-state index in [1.165, 1.54) is 23.1 Å². The lowest BCUT2D eigenvalue weighted by Gasteiger charge is -2.27. The van der Waals surface area contributed by atoms with Crippen molar-refractivity contribution in [2.24, 2.45) is 5.92 Å². The highest BCUT2D eigenvalue weighted by molar-refractivity contribution is 6.09. The summed E-state index contributed by atoms with van der Waals surface area (Å²) in [6, 6.07) is 5.14. The number of carbonyl (C=O) groups is 2. The van der Waals surface area contributed by atoms with Crippen molar-refractivity contribution in [2.45, 2.75) is 58.9 Å². The molecule has 0 aliphatic carbocycles. The minimum atomic E-state index is -0.791. The number of aliphatic hydroxyl groups is 1. The molecule has 0 saturated heterocycles. The average molecular weight is 388 g/mol. The highest BCUT2D eigenvalue weighted by atomic mass is 16.6. The van der Waals surface area contributed by atoms with Gasteiger partial charge in [0.15, 0.2) is 11.5 Å². The Balaban J connectivity index is 2.43. The van der Waals surface area contributed by atoms with Crippen molar-refractivity contribution >= 4 is 17.4 Å². The molecular formula is C21H28N2O5. The molecule has 1 N–H and O–H groups in total. The Morgan fingerprint density at radius 2 is 2.00 bits per heavy atom. The number of nitro benzene ring substituents is 1. The van der Waals surface area contributed by atoms with Crippen LogP contribution in [0.1, 0.15) is 64.5 Å². The maximum absolute atomic E-state index is 12.8. The molecule has 1 heterocycles. The standard InChI is InChI=1S/C21H28N2O5/c1-4-5-6-7-11-22-19(15-9-8-10-16(13-15)23(27)28)18(20(25)21(22)26)17(24)12-14(2)3/h8-10,13-14,19,25H,4-7,11-12H2,1-3H3. The predicted molar refractivity (Wildman–Crippen MR) is 106 cm³/mol. The zero-order valence-corrected chi connectivity index (χ0v) is 16.7. The van der Waals surface area contributed by atoms with Gasteiger partial charge in [-0.1, -0.05) is 52.2 Å². The molecule has 152 valence electrons. The third-order valence-corrected chi connectivity index (χ3v) is 4.85. The van der Waals surface area contributed by atoms with Crippen LogP contribution in [0, 0.1) is 16.0 Å². The second-order valence-electron chi connectivity index (χ2n) is 7.60. The highest BCUT2D eigenvalue weighted by Gasteiger charge is 2.43. The molecule has 1 aliphatic heterocycles. The second kappa shape index (κ2) is 9.48. The van der Waals surface area contributed by atoms with E-state index in [1.807, 2.05) is 13.8 Å². The Kier molecular flexibility index (Phi) is 7.31. The van der Waals surface area contributed by atoms with Gasteiger partial charge in [0, 0.05) is 25.1 Å². The molecular weight excluding hydrogens is 360 g/mol. The lowest BCUT2D eigenvalue weighted by atomic mass is 9.92. The summed E-state index contributed by atoms with van der Waals surface area (Å²) in [6.07, 6.45) is 3.94. The lowest BCUT2D eigenvalue weighted by Crippen LogP contribution is -2.32. The molecule has 0 aromatic heterocycles. The van der Waals surface area contributed by atoms with Gasteiger partial charge in [-0.3, -0.25) is 19.7 Å². The van der Waals surface area contributed by atoms with Gasteiger partial charge in [0.05, 0.1) is 16.5 Å². The van der Waals surface area contributed by atoms with Crippen LogP contribution in [0.5, 0.6) is 0 Å². The molecule has 7 nitrogen and oxygen atoms in total. The summed E-state index contributed by atoms with van der Waals surface area (Å²) in [5.74, 6) is -1.35. The molecule has 1 atom stereocenters. The first-order valence-corrected chi connectivity index (χ1v) is 9.79. The van der Waals surface area contributed by atoms with Gasteiger partial charge in [0.2, 0.25) is 0 Å². The van der Waals surface area contributed by atoms with E-state index in [0.717, 1.165) is 25.7 Å². The van der Waals surface area contributed by atoms with Crippen molar-refractivity contribution in [1.29, 1.82) is 0 Å². The van der Waals surface area contributed by atoms with Gasteiger partial charge in [-0.25, -0.2) is 0 Å². The summed E-state index contributed by atoms with van der Waals surface area (Å²) >= 11 is 0. The van der Waals surface area contributed by atoms with E-state index in [1.54, 1.807) is 6.07 Å². The number of nitro groups is 1. The number of non-ortho nitro benzene ring substituents is 1. The summed E-state index contributed by atoms with van der Waals surface area (Å²) in [4.78, 5) is 37.7. The van der Waals surface area contributed by atoms with Gasteiger partial charge in [0.1, 0.15) is 0 Å².